The fourth-order valence-electron chi connectivity index (χ4n) is 3.10. The van der Waals surface area contributed by atoms with Gasteiger partial charge in [-0.05, 0) is 12.1 Å². The maximum atomic E-state index is 13.7. The van der Waals surface area contributed by atoms with Crippen LogP contribution < -0.4 is 5.32 Å². The van der Waals surface area contributed by atoms with Gasteiger partial charge in [-0.1, -0.05) is 12.1 Å². The van der Waals surface area contributed by atoms with E-state index < -0.39 is 0 Å². The molecule has 28 heavy (non-hydrogen) atoms. The number of amides is 1. The molecule has 1 aromatic carbocycles. The quantitative estimate of drug-likeness (QED) is 0.711. The molecule has 1 fully saturated rings. The third-order valence-corrected chi connectivity index (χ3v) is 5.01. The lowest BCUT2D eigenvalue weighted by Gasteiger charge is -2.32. The Morgan fingerprint density at radius 2 is 2.18 bits per heavy atom. The number of benzene rings is 1. The van der Waals surface area contributed by atoms with E-state index in [1.54, 1.807) is 30.7 Å². The van der Waals surface area contributed by atoms with Crippen molar-refractivity contribution in [2.75, 3.05) is 31.6 Å². The van der Waals surface area contributed by atoms with Crippen LogP contribution in [0.5, 0.6) is 0 Å². The Bertz CT molecular complexity index is 953. The average Bonchev–Trinajstić information content (AvgIpc) is 3.21. The second-order valence-electron chi connectivity index (χ2n) is 6.28. The van der Waals surface area contributed by atoms with Gasteiger partial charge in [0.25, 0.3) is 0 Å². The molecule has 1 saturated heterocycles. The van der Waals surface area contributed by atoms with Gasteiger partial charge in [0.05, 0.1) is 24.5 Å². The first-order valence-electron chi connectivity index (χ1n) is 8.79. The second-order valence-corrected chi connectivity index (χ2v) is 7.18. The van der Waals surface area contributed by atoms with Gasteiger partial charge in [-0.3, -0.25) is 19.7 Å². The topological polar surface area (TPSA) is 80.2 Å². The summed E-state index contributed by atoms with van der Waals surface area (Å²) in [4.78, 5) is 27.1. The Kier molecular flexibility index (Phi) is 5.65. The highest BCUT2D eigenvalue weighted by molar-refractivity contribution is 7.13. The molecule has 3 aromatic rings. The summed E-state index contributed by atoms with van der Waals surface area (Å²) in [6, 6.07) is 6.24. The fraction of sp³-hybridized carbons (Fsp3) is 0.263. The smallest absolute Gasteiger partial charge is 0.240 e. The molecule has 7 nitrogen and oxygen atoms in total. The van der Waals surface area contributed by atoms with Crippen LogP contribution in [-0.4, -0.2) is 52.0 Å². The Morgan fingerprint density at radius 3 is 3.00 bits per heavy atom. The van der Waals surface area contributed by atoms with Crippen molar-refractivity contribution in [3.05, 3.63) is 59.7 Å². The summed E-state index contributed by atoms with van der Waals surface area (Å²) in [5, 5.41) is 5.17. The molecule has 1 aliphatic rings. The van der Waals surface area contributed by atoms with Crippen LogP contribution in [-0.2, 0) is 9.53 Å². The third-order valence-electron chi connectivity index (χ3n) is 4.33. The molecule has 4 rings (SSSR count). The van der Waals surface area contributed by atoms with Gasteiger partial charge in [-0.25, -0.2) is 9.37 Å². The van der Waals surface area contributed by atoms with Crippen LogP contribution in [0.4, 0.5) is 9.52 Å². The molecule has 0 unspecified atom stereocenters. The van der Waals surface area contributed by atoms with Crippen molar-refractivity contribution in [2.45, 2.75) is 6.10 Å². The number of halogens is 1. The van der Waals surface area contributed by atoms with E-state index in [1.807, 2.05) is 10.3 Å². The highest BCUT2D eigenvalue weighted by Crippen LogP contribution is 2.29. The number of rotatable bonds is 5. The van der Waals surface area contributed by atoms with Crippen LogP contribution in [0.25, 0.3) is 11.3 Å². The summed E-state index contributed by atoms with van der Waals surface area (Å²) in [7, 11) is 0. The van der Waals surface area contributed by atoms with E-state index in [0.29, 0.717) is 41.8 Å². The first-order valence-corrected chi connectivity index (χ1v) is 9.67. The molecule has 1 N–H and O–H groups in total. The minimum absolute atomic E-state index is 0.125. The fourth-order valence-corrected chi connectivity index (χ4v) is 3.65. The Morgan fingerprint density at radius 1 is 1.29 bits per heavy atom. The van der Waals surface area contributed by atoms with Crippen LogP contribution in [0.2, 0.25) is 0 Å². The van der Waals surface area contributed by atoms with Crippen molar-refractivity contribution >= 4 is 22.4 Å². The molecule has 0 radical (unpaired) electrons. The number of hydrogen-bond donors (Lipinski definition) is 1. The number of nitrogens with one attached hydrogen (secondary N) is 1. The van der Waals surface area contributed by atoms with Crippen LogP contribution in [0, 0.1) is 5.82 Å². The van der Waals surface area contributed by atoms with Gasteiger partial charge in [0.2, 0.25) is 5.91 Å². The van der Waals surface area contributed by atoms with E-state index in [9.17, 15) is 9.18 Å². The Hall–Kier alpha value is -2.75. The van der Waals surface area contributed by atoms with Crippen molar-refractivity contribution in [3.8, 4) is 11.3 Å². The van der Waals surface area contributed by atoms with Gasteiger partial charge in [0.1, 0.15) is 11.9 Å². The molecule has 0 aliphatic carbocycles. The standard InChI is InChI=1S/C19H18FN5O2S/c20-14-3-1-2-13(10-14)17-18(22-5-4-21-17)15-11-25(7-8-27-15)12-16(26)24-19-23-6-9-28-19/h1-6,9-10,15H,7-8,11-12H2,(H,23,24,26)/t15-/m1/s1. The SMILES string of the molecule is O=C(CN1CCO[C@@H](c2nccnc2-c2cccc(F)c2)C1)Nc1nccs1. The zero-order valence-electron chi connectivity index (χ0n) is 14.9. The zero-order valence-corrected chi connectivity index (χ0v) is 15.7. The lowest BCUT2D eigenvalue weighted by molar-refractivity contribution is -0.119. The molecule has 3 heterocycles. The van der Waals surface area contributed by atoms with E-state index in [-0.39, 0.29) is 24.4 Å². The molecule has 144 valence electrons. The molecular formula is C19H18FN5O2S. The van der Waals surface area contributed by atoms with Gasteiger partial charge < -0.3 is 10.1 Å². The van der Waals surface area contributed by atoms with Crippen LogP contribution in [0.3, 0.4) is 0 Å². The van der Waals surface area contributed by atoms with E-state index >= 15 is 0 Å². The van der Waals surface area contributed by atoms with E-state index in [1.165, 1.54) is 23.5 Å². The molecule has 2 aromatic heterocycles. The highest BCUT2D eigenvalue weighted by atomic mass is 32.1. The van der Waals surface area contributed by atoms with Gasteiger partial charge >= 0.3 is 0 Å². The maximum Gasteiger partial charge on any atom is 0.240 e. The maximum absolute atomic E-state index is 13.7. The zero-order chi connectivity index (χ0) is 19.3. The Balaban J connectivity index is 1.48. The highest BCUT2D eigenvalue weighted by Gasteiger charge is 2.27. The summed E-state index contributed by atoms with van der Waals surface area (Å²) in [6.45, 7) is 1.83. The van der Waals surface area contributed by atoms with E-state index in [2.05, 4.69) is 20.3 Å². The summed E-state index contributed by atoms with van der Waals surface area (Å²) < 4.78 is 19.5. The second kappa shape index (κ2) is 8.51. The lowest BCUT2D eigenvalue weighted by Crippen LogP contribution is -2.42. The normalized spacial score (nSPS) is 17.4. The molecule has 0 spiro atoms. The molecule has 9 heteroatoms. The number of carbonyl (C=O) groups is 1. The number of carbonyl (C=O) groups excluding carboxylic acids is 1. The monoisotopic (exact) mass is 399 g/mol. The number of morpholine rings is 1. The first kappa shape index (κ1) is 18.6. The number of thiazole rings is 1. The molecular weight excluding hydrogens is 381 g/mol. The summed E-state index contributed by atoms with van der Waals surface area (Å²) in [5.74, 6) is -0.459. The van der Waals surface area contributed by atoms with E-state index in [0.717, 1.165) is 0 Å². The summed E-state index contributed by atoms with van der Waals surface area (Å²) in [5.41, 5.74) is 1.87. The van der Waals surface area contributed by atoms with Crippen molar-refractivity contribution in [3.63, 3.8) is 0 Å². The predicted octanol–water partition coefficient (Wildman–Crippen LogP) is 2.75. The van der Waals surface area contributed by atoms with Crippen molar-refractivity contribution in [2.24, 2.45) is 0 Å². The van der Waals surface area contributed by atoms with Crippen LogP contribution in [0.1, 0.15) is 11.8 Å². The van der Waals surface area contributed by atoms with Gasteiger partial charge in [-0.2, -0.15) is 0 Å². The first-order chi connectivity index (χ1) is 13.7. The Labute approximate surface area is 165 Å². The van der Waals surface area contributed by atoms with Gasteiger partial charge in [0.15, 0.2) is 5.13 Å². The largest absolute Gasteiger partial charge is 0.369 e. The van der Waals surface area contributed by atoms with Crippen molar-refractivity contribution in [1.82, 2.24) is 19.9 Å². The minimum atomic E-state index is -0.353. The van der Waals surface area contributed by atoms with Crippen molar-refractivity contribution < 1.29 is 13.9 Å². The summed E-state index contributed by atoms with van der Waals surface area (Å²) >= 11 is 1.38. The van der Waals surface area contributed by atoms with Crippen LogP contribution in [0.15, 0.2) is 48.2 Å². The number of nitrogens with zero attached hydrogens (tertiary/aromatic N) is 4. The molecule has 1 amide bonds. The molecule has 0 saturated carbocycles. The predicted molar refractivity (Wildman–Crippen MR) is 103 cm³/mol. The van der Waals surface area contributed by atoms with E-state index in [4.69, 9.17) is 4.74 Å². The third kappa shape index (κ3) is 4.38. The molecule has 1 atom stereocenters. The minimum Gasteiger partial charge on any atom is -0.369 e. The van der Waals surface area contributed by atoms with Gasteiger partial charge in [-0.15, -0.1) is 11.3 Å². The molecule has 1 aliphatic heterocycles. The van der Waals surface area contributed by atoms with Crippen LogP contribution >= 0.6 is 11.3 Å². The lowest BCUT2D eigenvalue weighted by atomic mass is 10.1. The summed E-state index contributed by atoms with van der Waals surface area (Å²) in [6.07, 6.45) is 4.46. The van der Waals surface area contributed by atoms with Gasteiger partial charge in [0, 0.05) is 42.6 Å². The average molecular weight is 399 g/mol. The number of hydrogen-bond acceptors (Lipinski definition) is 7. The number of aromatic nitrogens is 3. The number of anilines is 1. The molecule has 0 bridgehead atoms. The van der Waals surface area contributed by atoms with Crippen molar-refractivity contribution in [1.29, 1.82) is 0 Å². The number of ether oxygens (including phenoxy) is 1.